The van der Waals surface area contributed by atoms with Gasteiger partial charge < -0.3 is 16.2 Å². The Hall–Kier alpha value is -1.31. The SMILES string of the molecule is CC(CCO)Nc1ccc(N)cc1S(N)(=O)=O. The van der Waals surface area contributed by atoms with E-state index < -0.39 is 10.0 Å². The van der Waals surface area contributed by atoms with Gasteiger partial charge in [-0.3, -0.25) is 0 Å². The number of primary sulfonamides is 1. The van der Waals surface area contributed by atoms with Crippen LogP contribution in [0.3, 0.4) is 0 Å². The van der Waals surface area contributed by atoms with E-state index in [1.54, 1.807) is 12.1 Å². The van der Waals surface area contributed by atoms with Crippen LogP contribution in [-0.4, -0.2) is 26.2 Å². The third-order valence-electron chi connectivity index (χ3n) is 2.28. The van der Waals surface area contributed by atoms with Gasteiger partial charge in [-0.25, -0.2) is 13.6 Å². The molecule has 0 fully saturated rings. The zero-order valence-corrected chi connectivity index (χ0v) is 10.4. The summed E-state index contributed by atoms with van der Waals surface area (Å²) in [4.78, 5) is -0.0395. The van der Waals surface area contributed by atoms with Crippen molar-refractivity contribution >= 4 is 21.4 Å². The number of rotatable bonds is 5. The van der Waals surface area contributed by atoms with Gasteiger partial charge in [0.15, 0.2) is 0 Å². The molecule has 96 valence electrons. The summed E-state index contributed by atoms with van der Waals surface area (Å²) in [7, 11) is -3.82. The van der Waals surface area contributed by atoms with Crippen molar-refractivity contribution in [2.45, 2.75) is 24.3 Å². The van der Waals surface area contributed by atoms with E-state index in [0.29, 0.717) is 17.8 Å². The topological polar surface area (TPSA) is 118 Å². The summed E-state index contributed by atoms with van der Waals surface area (Å²) >= 11 is 0. The number of aliphatic hydroxyl groups is 1. The lowest BCUT2D eigenvalue weighted by Crippen LogP contribution is -2.21. The fourth-order valence-corrected chi connectivity index (χ4v) is 2.16. The lowest BCUT2D eigenvalue weighted by Gasteiger charge is -2.16. The number of benzene rings is 1. The van der Waals surface area contributed by atoms with Crippen molar-refractivity contribution in [3.63, 3.8) is 0 Å². The molecule has 1 rings (SSSR count). The standard InChI is InChI=1S/C10H17N3O3S/c1-7(4-5-14)13-9-3-2-8(11)6-10(9)17(12,15)16/h2-3,6-7,13-14H,4-5,11H2,1H3,(H2,12,15,16). The summed E-state index contributed by atoms with van der Waals surface area (Å²) in [6.45, 7) is 1.85. The molecular weight excluding hydrogens is 242 g/mol. The maximum atomic E-state index is 11.4. The Labute approximate surface area is 101 Å². The van der Waals surface area contributed by atoms with Gasteiger partial charge in [-0.2, -0.15) is 0 Å². The molecule has 0 aromatic heterocycles. The highest BCUT2D eigenvalue weighted by Crippen LogP contribution is 2.23. The minimum Gasteiger partial charge on any atom is -0.399 e. The second-order valence-corrected chi connectivity index (χ2v) is 5.39. The van der Waals surface area contributed by atoms with Gasteiger partial charge in [-0.1, -0.05) is 0 Å². The molecule has 0 aliphatic carbocycles. The van der Waals surface area contributed by atoms with Gasteiger partial charge in [0.2, 0.25) is 10.0 Å². The molecule has 0 saturated carbocycles. The molecule has 1 aromatic rings. The van der Waals surface area contributed by atoms with Crippen LogP contribution in [0.5, 0.6) is 0 Å². The van der Waals surface area contributed by atoms with Crippen LogP contribution in [0, 0.1) is 0 Å². The Morgan fingerprint density at radius 2 is 2.12 bits per heavy atom. The summed E-state index contributed by atoms with van der Waals surface area (Å²) in [5, 5.41) is 16.9. The fraction of sp³-hybridized carbons (Fsp3) is 0.400. The van der Waals surface area contributed by atoms with Crippen LogP contribution in [0.25, 0.3) is 0 Å². The van der Waals surface area contributed by atoms with Crippen molar-refractivity contribution in [2.24, 2.45) is 5.14 Å². The molecule has 17 heavy (non-hydrogen) atoms. The lowest BCUT2D eigenvalue weighted by atomic mass is 10.2. The first-order valence-electron chi connectivity index (χ1n) is 5.14. The number of hydrogen-bond donors (Lipinski definition) is 4. The molecule has 0 radical (unpaired) electrons. The predicted molar refractivity (Wildman–Crippen MR) is 67.0 cm³/mol. The Morgan fingerprint density at radius 3 is 2.65 bits per heavy atom. The van der Waals surface area contributed by atoms with Crippen molar-refractivity contribution in [1.29, 1.82) is 0 Å². The van der Waals surface area contributed by atoms with Crippen LogP contribution >= 0.6 is 0 Å². The Balaban J connectivity index is 3.07. The molecule has 1 atom stereocenters. The molecule has 0 amide bonds. The molecule has 0 saturated heterocycles. The van der Waals surface area contributed by atoms with Gasteiger partial charge >= 0.3 is 0 Å². The van der Waals surface area contributed by atoms with Crippen LogP contribution in [0.1, 0.15) is 13.3 Å². The van der Waals surface area contributed by atoms with Gasteiger partial charge in [0.25, 0.3) is 0 Å². The molecule has 6 nitrogen and oxygen atoms in total. The van der Waals surface area contributed by atoms with Gasteiger partial charge in [0, 0.05) is 18.3 Å². The molecule has 0 heterocycles. The van der Waals surface area contributed by atoms with Crippen LogP contribution in [0.4, 0.5) is 11.4 Å². The van der Waals surface area contributed by atoms with Crippen LogP contribution in [0.15, 0.2) is 23.1 Å². The second kappa shape index (κ2) is 5.35. The van der Waals surface area contributed by atoms with Crippen molar-refractivity contribution in [3.8, 4) is 0 Å². The van der Waals surface area contributed by atoms with Crippen LogP contribution in [-0.2, 0) is 10.0 Å². The number of nitrogens with one attached hydrogen (secondary N) is 1. The van der Waals surface area contributed by atoms with Crippen molar-refractivity contribution in [1.82, 2.24) is 0 Å². The number of nitrogens with two attached hydrogens (primary N) is 2. The lowest BCUT2D eigenvalue weighted by molar-refractivity contribution is 0.282. The predicted octanol–water partition coefficient (Wildman–Crippen LogP) is 0.0990. The van der Waals surface area contributed by atoms with E-state index in [2.05, 4.69) is 5.32 Å². The maximum absolute atomic E-state index is 11.4. The zero-order chi connectivity index (χ0) is 13.1. The van der Waals surface area contributed by atoms with E-state index in [0.717, 1.165) is 0 Å². The number of aliphatic hydroxyl groups excluding tert-OH is 1. The normalized spacial score (nSPS) is 13.4. The third kappa shape index (κ3) is 3.88. The highest BCUT2D eigenvalue weighted by atomic mass is 32.2. The molecular formula is C10H17N3O3S. The highest BCUT2D eigenvalue weighted by molar-refractivity contribution is 7.89. The van der Waals surface area contributed by atoms with E-state index >= 15 is 0 Å². The van der Waals surface area contributed by atoms with Crippen LogP contribution in [0.2, 0.25) is 0 Å². The van der Waals surface area contributed by atoms with E-state index in [9.17, 15) is 8.42 Å². The molecule has 0 spiro atoms. The summed E-state index contributed by atoms with van der Waals surface area (Å²) < 4.78 is 22.8. The summed E-state index contributed by atoms with van der Waals surface area (Å²) in [6.07, 6.45) is 0.508. The average Bonchev–Trinajstić information content (AvgIpc) is 2.19. The van der Waals surface area contributed by atoms with E-state index in [1.165, 1.54) is 6.07 Å². The molecule has 6 N–H and O–H groups in total. The molecule has 0 bridgehead atoms. The van der Waals surface area contributed by atoms with Gasteiger partial charge in [0.05, 0.1) is 5.69 Å². The molecule has 0 aliphatic rings. The van der Waals surface area contributed by atoms with Crippen molar-refractivity contribution in [3.05, 3.63) is 18.2 Å². The summed E-state index contributed by atoms with van der Waals surface area (Å²) in [5.41, 5.74) is 6.25. The number of sulfonamides is 1. The van der Waals surface area contributed by atoms with Gasteiger partial charge in [0.1, 0.15) is 4.90 Å². The van der Waals surface area contributed by atoms with Crippen molar-refractivity contribution in [2.75, 3.05) is 17.7 Å². The largest absolute Gasteiger partial charge is 0.399 e. The van der Waals surface area contributed by atoms with E-state index in [1.807, 2.05) is 6.92 Å². The molecule has 7 heteroatoms. The smallest absolute Gasteiger partial charge is 0.240 e. The van der Waals surface area contributed by atoms with Crippen molar-refractivity contribution < 1.29 is 13.5 Å². The highest BCUT2D eigenvalue weighted by Gasteiger charge is 2.15. The molecule has 1 aromatic carbocycles. The summed E-state index contributed by atoms with van der Waals surface area (Å²) in [5.74, 6) is 0. The van der Waals surface area contributed by atoms with Gasteiger partial charge in [-0.05, 0) is 31.5 Å². The quantitative estimate of drug-likeness (QED) is 0.559. The Kier molecular flexibility index (Phi) is 4.33. The van der Waals surface area contributed by atoms with Crippen LogP contribution < -0.4 is 16.2 Å². The summed E-state index contributed by atoms with van der Waals surface area (Å²) in [6, 6.07) is 4.39. The minimum atomic E-state index is -3.82. The Morgan fingerprint density at radius 1 is 1.47 bits per heavy atom. The van der Waals surface area contributed by atoms with E-state index in [-0.39, 0.29) is 17.5 Å². The molecule has 1 unspecified atom stereocenters. The van der Waals surface area contributed by atoms with E-state index in [4.69, 9.17) is 16.0 Å². The fourth-order valence-electron chi connectivity index (χ4n) is 1.42. The van der Waals surface area contributed by atoms with Gasteiger partial charge in [-0.15, -0.1) is 0 Å². The average molecular weight is 259 g/mol. The first-order chi connectivity index (χ1) is 7.84. The Bertz CT molecular complexity index is 488. The maximum Gasteiger partial charge on any atom is 0.240 e. The number of nitrogen functional groups attached to an aromatic ring is 1. The minimum absolute atomic E-state index is 0.0217. The first kappa shape index (κ1) is 13.8. The third-order valence-corrected chi connectivity index (χ3v) is 3.23. The molecule has 0 aliphatic heterocycles. The second-order valence-electron chi connectivity index (χ2n) is 3.86. The monoisotopic (exact) mass is 259 g/mol. The number of anilines is 2. The number of hydrogen-bond acceptors (Lipinski definition) is 5. The zero-order valence-electron chi connectivity index (χ0n) is 9.55. The first-order valence-corrected chi connectivity index (χ1v) is 6.69.